The first-order chi connectivity index (χ1) is 5.79. The molecule has 0 fully saturated rings. The number of aromatic nitrogens is 1. The summed E-state index contributed by atoms with van der Waals surface area (Å²) in [5.41, 5.74) is 10.1. The van der Waals surface area contributed by atoms with Crippen LogP contribution < -0.4 is 17.0 Å². The van der Waals surface area contributed by atoms with Crippen molar-refractivity contribution in [3.8, 4) is 0 Å². The van der Waals surface area contributed by atoms with Crippen LogP contribution in [-0.2, 0) is 0 Å². The summed E-state index contributed by atoms with van der Waals surface area (Å²) in [7, 11) is 0. The number of nitrogen functional groups attached to an aromatic ring is 1. The quantitative estimate of drug-likeness (QED) is 0.453. The van der Waals surface area contributed by atoms with Gasteiger partial charge in [-0.1, -0.05) is 6.92 Å². The van der Waals surface area contributed by atoms with E-state index in [1.807, 2.05) is 6.92 Å². The highest BCUT2D eigenvalue weighted by molar-refractivity contribution is 5.46. The first kappa shape index (κ1) is 8.96. The van der Waals surface area contributed by atoms with E-state index < -0.39 is 0 Å². The van der Waals surface area contributed by atoms with Gasteiger partial charge in [0.1, 0.15) is 0 Å². The zero-order valence-electron chi connectivity index (χ0n) is 7.12. The van der Waals surface area contributed by atoms with Crippen molar-refractivity contribution in [2.24, 2.45) is 5.84 Å². The van der Waals surface area contributed by atoms with Gasteiger partial charge in [-0.2, -0.15) is 0 Å². The van der Waals surface area contributed by atoms with Gasteiger partial charge in [-0.05, 0) is 12.5 Å². The van der Waals surface area contributed by atoms with Crippen molar-refractivity contribution in [3.05, 3.63) is 24.0 Å². The van der Waals surface area contributed by atoms with Gasteiger partial charge >= 0.3 is 0 Å². The van der Waals surface area contributed by atoms with Crippen molar-refractivity contribution in [1.82, 2.24) is 10.4 Å². The van der Waals surface area contributed by atoms with Crippen molar-refractivity contribution in [1.29, 1.82) is 0 Å². The molecule has 1 aromatic heterocycles. The summed E-state index contributed by atoms with van der Waals surface area (Å²) in [4.78, 5) is 3.99. The summed E-state index contributed by atoms with van der Waals surface area (Å²) in [6.45, 7) is 2.04. The number of anilines is 1. The Bertz CT molecular complexity index is 245. The number of nitrogens with two attached hydrogens (primary N) is 2. The lowest BCUT2D eigenvalue weighted by Gasteiger charge is -2.14. The van der Waals surface area contributed by atoms with Crippen LogP contribution in [0.25, 0.3) is 0 Å². The Balaban J connectivity index is 2.92. The van der Waals surface area contributed by atoms with E-state index >= 15 is 0 Å². The molecule has 1 unspecified atom stereocenters. The highest BCUT2D eigenvalue weighted by Gasteiger charge is 2.09. The van der Waals surface area contributed by atoms with Crippen LogP contribution in [0.4, 0.5) is 5.69 Å². The van der Waals surface area contributed by atoms with E-state index in [1.54, 1.807) is 18.5 Å². The molecule has 1 heterocycles. The number of nitrogens with one attached hydrogen (secondary N) is 1. The number of hydrogen-bond donors (Lipinski definition) is 3. The van der Waals surface area contributed by atoms with Gasteiger partial charge in [0.2, 0.25) is 0 Å². The Hall–Kier alpha value is -1.13. The minimum absolute atomic E-state index is 0.0960. The molecule has 4 nitrogen and oxygen atoms in total. The molecule has 12 heavy (non-hydrogen) atoms. The van der Waals surface area contributed by atoms with Gasteiger partial charge in [-0.25, -0.2) is 0 Å². The lowest BCUT2D eigenvalue weighted by atomic mass is 10.1. The largest absolute Gasteiger partial charge is 0.398 e. The second-order valence-corrected chi connectivity index (χ2v) is 2.63. The Labute approximate surface area is 71.9 Å². The van der Waals surface area contributed by atoms with Gasteiger partial charge in [-0.3, -0.25) is 16.3 Å². The highest BCUT2D eigenvalue weighted by Crippen LogP contribution is 2.20. The van der Waals surface area contributed by atoms with Crippen LogP contribution in [0.15, 0.2) is 18.5 Å². The van der Waals surface area contributed by atoms with Gasteiger partial charge in [0.15, 0.2) is 0 Å². The van der Waals surface area contributed by atoms with Crippen molar-refractivity contribution < 1.29 is 0 Å². The molecule has 0 aromatic carbocycles. The molecule has 0 bridgehead atoms. The van der Waals surface area contributed by atoms with Crippen LogP contribution in [0.5, 0.6) is 0 Å². The van der Waals surface area contributed by atoms with E-state index in [-0.39, 0.29) is 6.04 Å². The predicted molar refractivity (Wildman–Crippen MR) is 49.0 cm³/mol. The Morgan fingerprint density at radius 2 is 2.42 bits per heavy atom. The molecule has 5 N–H and O–H groups in total. The molecule has 0 amide bonds. The van der Waals surface area contributed by atoms with E-state index in [4.69, 9.17) is 11.6 Å². The van der Waals surface area contributed by atoms with Crippen molar-refractivity contribution >= 4 is 5.69 Å². The summed E-state index contributed by atoms with van der Waals surface area (Å²) in [6, 6.07) is 1.87. The Morgan fingerprint density at radius 1 is 1.67 bits per heavy atom. The minimum Gasteiger partial charge on any atom is -0.398 e. The fourth-order valence-corrected chi connectivity index (χ4v) is 1.14. The van der Waals surface area contributed by atoms with Crippen molar-refractivity contribution in [3.63, 3.8) is 0 Å². The maximum absolute atomic E-state index is 5.74. The fourth-order valence-electron chi connectivity index (χ4n) is 1.14. The number of nitrogens with zero attached hydrogens (tertiary/aromatic N) is 1. The minimum atomic E-state index is 0.0960. The summed E-state index contributed by atoms with van der Waals surface area (Å²) >= 11 is 0. The molecular formula is C8H14N4. The van der Waals surface area contributed by atoms with Crippen LogP contribution in [0.2, 0.25) is 0 Å². The van der Waals surface area contributed by atoms with Crippen LogP contribution in [0, 0.1) is 0 Å². The third-order valence-corrected chi connectivity index (χ3v) is 1.87. The standard InChI is InChI=1S/C8H14N4/c1-2-8(12-10)6-5-11-4-3-7(6)9/h3-5,8,12H,2,10H2,1H3,(H2,9,11). The van der Waals surface area contributed by atoms with Crippen LogP contribution in [0.3, 0.4) is 0 Å². The summed E-state index contributed by atoms with van der Waals surface area (Å²) in [5, 5.41) is 0. The average Bonchev–Trinajstić information content (AvgIpc) is 2.10. The summed E-state index contributed by atoms with van der Waals surface area (Å²) in [6.07, 6.45) is 4.30. The fraction of sp³-hybridized carbons (Fsp3) is 0.375. The lowest BCUT2D eigenvalue weighted by Crippen LogP contribution is -2.28. The topological polar surface area (TPSA) is 77.0 Å². The number of pyridine rings is 1. The van der Waals surface area contributed by atoms with Gasteiger partial charge in [0.25, 0.3) is 0 Å². The van der Waals surface area contributed by atoms with Gasteiger partial charge in [0, 0.05) is 29.7 Å². The van der Waals surface area contributed by atoms with E-state index in [1.165, 1.54) is 0 Å². The van der Waals surface area contributed by atoms with Crippen molar-refractivity contribution in [2.75, 3.05) is 5.73 Å². The van der Waals surface area contributed by atoms with E-state index in [0.717, 1.165) is 17.7 Å². The molecule has 0 saturated heterocycles. The van der Waals surface area contributed by atoms with Crippen LogP contribution in [-0.4, -0.2) is 4.98 Å². The Kier molecular flexibility index (Phi) is 3.01. The molecule has 1 rings (SSSR count). The molecule has 0 aliphatic carbocycles. The molecule has 1 aromatic rings. The second kappa shape index (κ2) is 4.04. The second-order valence-electron chi connectivity index (χ2n) is 2.63. The molecule has 66 valence electrons. The Morgan fingerprint density at radius 3 is 2.92 bits per heavy atom. The first-order valence-electron chi connectivity index (χ1n) is 3.95. The van der Waals surface area contributed by atoms with Gasteiger partial charge in [0.05, 0.1) is 0 Å². The summed E-state index contributed by atoms with van der Waals surface area (Å²) < 4.78 is 0. The smallest absolute Gasteiger partial charge is 0.0493 e. The van der Waals surface area contributed by atoms with E-state index in [9.17, 15) is 0 Å². The first-order valence-corrected chi connectivity index (χ1v) is 3.95. The molecular weight excluding hydrogens is 152 g/mol. The average molecular weight is 166 g/mol. The number of hydrazine groups is 1. The number of rotatable bonds is 3. The van der Waals surface area contributed by atoms with Gasteiger partial charge < -0.3 is 5.73 Å². The summed E-state index contributed by atoms with van der Waals surface area (Å²) in [5.74, 6) is 5.35. The molecule has 4 heteroatoms. The zero-order chi connectivity index (χ0) is 8.97. The molecule has 0 aliphatic rings. The zero-order valence-corrected chi connectivity index (χ0v) is 7.12. The SMILES string of the molecule is CCC(NN)c1cnccc1N. The molecule has 1 atom stereocenters. The normalized spacial score (nSPS) is 12.8. The number of hydrogen-bond acceptors (Lipinski definition) is 4. The van der Waals surface area contributed by atoms with Crippen LogP contribution >= 0.6 is 0 Å². The maximum Gasteiger partial charge on any atom is 0.0493 e. The molecule has 0 spiro atoms. The third kappa shape index (κ3) is 1.72. The lowest BCUT2D eigenvalue weighted by molar-refractivity contribution is 0.539. The van der Waals surface area contributed by atoms with Crippen LogP contribution in [0.1, 0.15) is 24.9 Å². The van der Waals surface area contributed by atoms with Crippen molar-refractivity contribution in [2.45, 2.75) is 19.4 Å². The maximum atomic E-state index is 5.74. The monoisotopic (exact) mass is 166 g/mol. The molecule has 0 radical (unpaired) electrons. The third-order valence-electron chi connectivity index (χ3n) is 1.87. The molecule has 0 saturated carbocycles. The molecule has 0 aliphatic heterocycles. The van der Waals surface area contributed by atoms with E-state index in [2.05, 4.69) is 10.4 Å². The predicted octanol–water partition coefficient (Wildman–Crippen LogP) is 0.578. The highest BCUT2D eigenvalue weighted by atomic mass is 15.2. The van der Waals surface area contributed by atoms with E-state index in [0.29, 0.717) is 0 Å². The van der Waals surface area contributed by atoms with Gasteiger partial charge in [-0.15, -0.1) is 0 Å².